The quantitative estimate of drug-likeness (QED) is 0.182. The van der Waals surface area contributed by atoms with Gasteiger partial charge < -0.3 is 13.0 Å². The molecular formula is H4NiO3PS-. The van der Waals surface area contributed by atoms with E-state index in [9.17, 15) is 0 Å². The molecule has 1 N–H and O–H groups in total. The Hall–Kier alpha value is 0.834. The maximum atomic E-state index is 8.56. The molecule has 0 aromatic rings. The molecule has 0 aliphatic carbocycles. The minimum atomic E-state index is -2.86. The predicted molar refractivity (Wildman–Crippen MR) is 22.5 cm³/mol. The molecule has 1 unspecified atom stereocenters. The van der Waals surface area contributed by atoms with Gasteiger partial charge in [-0.05, 0) is 0 Å². The Morgan fingerprint density at radius 3 is 1.33 bits per heavy atom. The molecule has 0 aromatic carbocycles. The van der Waals surface area contributed by atoms with Crippen LogP contribution in [0.2, 0.25) is 0 Å². The first-order valence-corrected chi connectivity index (χ1v) is 1.55. The molecule has 6 heteroatoms. The third kappa shape index (κ3) is 102. The molecule has 0 aromatic heterocycles. The van der Waals surface area contributed by atoms with Gasteiger partial charge in [0.2, 0.25) is 0 Å². The Labute approximate surface area is 50.8 Å². The molecule has 0 fully saturated rings. The maximum absolute atomic E-state index is 8.56. The molecule has 44 valence electrons. The minimum Gasteiger partial charge on any atom is -0.439 e. The van der Waals surface area contributed by atoms with E-state index in [0.717, 1.165) is 0 Å². The topological polar surface area (TPSA) is 54.4 Å². The number of hydrogen-bond donors (Lipinski definition) is 1. The van der Waals surface area contributed by atoms with Crippen LogP contribution in [0, 0.1) is 0 Å². The van der Waals surface area contributed by atoms with Crippen LogP contribution >= 0.6 is 9.90 Å². The molecule has 0 saturated carbocycles. The summed E-state index contributed by atoms with van der Waals surface area (Å²) in [5, 5.41) is 0. The molecule has 3 nitrogen and oxygen atoms in total. The maximum Gasteiger partial charge on any atom is 0.0495 e. The zero-order valence-corrected chi connectivity index (χ0v) is 5.91. The van der Waals surface area contributed by atoms with Crippen molar-refractivity contribution in [2.75, 3.05) is 0 Å². The smallest absolute Gasteiger partial charge is 0.0495 e. The SMILES string of the molecule is O=[S-](=O)O.P.[Ni]. The van der Waals surface area contributed by atoms with Crippen molar-refractivity contribution in [3.8, 4) is 0 Å². The Morgan fingerprint density at radius 1 is 1.33 bits per heavy atom. The zero-order valence-electron chi connectivity index (χ0n) is 2.70. The zero-order chi connectivity index (χ0) is 3.58. The summed E-state index contributed by atoms with van der Waals surface area (Å²) in [5.74, 6) is 0. The fourth-order valence-corrected chi connectivity index (χ4v) is 0. The van der Waals surface area contributed by atoms with Crippen LogP contribution in [0.3, 0.4) is 0 Å². The summed E-state index contributed by atoms with van der Waals surface area (Å²) >= 11 is 0. The average molecular weight is 174 g/mol. The van der Waals surface area contributed by atoms with E-state index < -0.39 is 11.0 Å². The number of rotatable bonds is 0. The van der Waals surface area contributed by atoms with Gasteiger partial charge in [0, 0.05) is 27.5 Å². The Bertz CT molecular complexity index is 59.2. The van der Waals surface area contributed by atoms with Crippen molar-refractivity contribution in [3.63, 3.8) is 0 Å². The van der Waals surface area contributed by atoms with Crippen LogP contribution in [-0.4, -0.2) is 4.55 Å². The van der Waals surface area contributed by atoms with Crippen molar-refractivity contribution in [1.82, 2.24) is 0 Å². The first-order chi connectivity index (χ1) is 1.73. The van der Waals surface area contributed by atoms with Gasteiger partial charge >= 0.3 is 0 Å². The largest absolute Gasteiger partial charge is 0.439 e. The van der Waals surface area contributed by atoms with E-state index in [1.54, 1.807) is 0 Å². The van der Waals surface area contributed by atoms with Gasteiger partial charge in [0.15, 0.2) is 0 Å². The van der Waals surface area contributed by atoms with Crippen LogP contribution < -0.4 is 0 Å². The van der Waals surface area contributed by atoms with Crippen molar-refractivity contribution < 1.29 is 29.5 Å². The second kappa shape index (κ2) is 9.27. The van der Waals surface area contributed by atoms with Gasteiger partial charge in [-0.2, -0.15) is 9.90 Å². The summed E-state index contributed by atoms with van der Waals surface area (Å²) in [6, 6.07) is 0. The van der Waals surface area contributed by atoms with Gasteiger partial charge in [0.25, 0.3) is 0 Å². The minimum absolute atomic E-state index is 0. The summed E-state index contributed by atoms with van der Waals surface area (Å²) in [4.78, 5) is 0. The van der Waals surface area contributed by atoms with Crippen LogP contribution in [0.5, 0.6) is 0 Å². The van der Waals surface area contributed by atoms with Gasteiger partial charge in [-0.3, -0.25) is 0 Å². The second-order valence-corrected chi connectivity index (χ2v) is 0.651. The Morgan fingerprint density at radius 2 is 1.33 bits per heavy atom. The first kappa shape index (κ1) is 15.8. The van der Waals surface area contributed by atoms with Crippen molar-refractivity contribution in [1.29, 1.82) is 0 Å². The van der Waals surface area contributed by atoms with Crippen LogP contribution in [0.4, 0.5) is 0 Å². The van der Waals surface area contributed by atoms with Gasteiger partial charge in [-0.1, -0.05) is 0 Å². The van der Waals surface area contributed by atoms with E-state index in [-0.39, 0.29) is 26.4 Å². The van der Waals surface area contributed by atoms with Crippen LogP contribution in [-0.2, 0) is 35.9 Å². The van der Waals surface area contributed by atoms with Crippen LogP contribution in [0.1, 0.15) is 0 Å². The molecule has 0 radical (unpaired) electrons. The first-order valence-electron chi connectivity index (χ1n) is 0.516. The Balaban J connectivity index is -0.0000000450. The fraction of sp³-hybridized carbons (Fsp3) is 0. The predicted octanol–water partition coefficient (Wildman–Crippen LogP) is -0.176. The van der Waals surface area contributed by atoms with Crippen molar-refractivity contribution in [2.45, 2.75) is 0 Å². The molecule has 0 spiro atoms. The molecule has 6 heavy (non-hydrogen) atoms. The van der Waals surface area contributed by atoms with E-state index in [2.05, 4.69) is 0 Å². The molecule has 1 atom stereocenters. The van der Waals surface area contributed by atoms with Crippen molar-refractivity contribution in [3.05, 3.63) is 0 Å². The summed E-state index contributed by atoms with van der Waals surface area (Å²) in [6.07, 6.45) is 0. The van der Waals surface area contributed by atoms with E-state index in [1.807, 2.05) is 0 Å². The molecule has 0 heterocycles. The van der Waals surface area contributed by atoms with Crippen LogP contribution in [0.25, 0.3) is 0 Å². The molecule has 0 aliphatic heterocycles. The molecule has 0 aliphatic rings. The summed E-state index contributed by atoms with van der Waals surface area (Å²) in [5.41, 5.74) is 0. The molecule has 0 rings (SSSR count). The van der Waals surface area contributed by atoms with Crippen molar-refractivity contribution in [2.24, 2.45) is 0 Å². The summed E-state index contributed by atoms with van der Waals surface area (Å²) in [7, 11) is -2.86. The third-order valence-corrected chi connectivity index (χ3v) is 0. The Kier molecular flexibility index (Phi) is 24.5. The van der Waals surface area contributed by atoms with E-state index in [0.29, 0.717) is 0 Å². The monoisotopic (exact) mass is 173 g/mol. The average Bonchev–Trinajstić information content (AvgIpc) is 0.811. The van der Waals surface area contributed by atoms with Gasteiger partial charge in [-0.15, -0.1) is 0 Å². The van der Waals surface area contributed by atoms with Gasteiger partial charge in [0.05, 0.1) is 0 Å². The van der Waals surface area contributed by atoms with E-state index in [1.165, 1.54) is 0 Å². The van der Waals surface area contributed by atoms with Crippen LogP contribution in [0.15, 0.2) is 0 Å². The summed E-state index contributed by atoms with van der Waals surface area (Å²) in [6.45, 7) is 0. The number of hydrogen-bond acceptors (Lipinski definition) is 3. The van der Waals surface area contributed by atoms with Crippen molar-refractivity contribution >= 4 is 20.9 Å². The molecule has 0 saturated heterocycles. The normalized spacial score (nSPS) is 5.67. The molecular weight excluding hydrogens is 170 g/mol. The molecule has 0 amide bonds. The van der Waals surface area contributed by atoms with E-state index in [4.69, 9.17) is 13.0 Å². The fourth-order valence-electron chi connectivity index (χ4n) is 0. The third-order valence-electron chi connectivity index (χ3n) is 0. The van der Waals surface area contributed by atoms with Gasteiger partial charge in [0.1, 0.15) is 0 Å². The van der Waals surface area contributed by atoms with E-state index >= 15 is 0 Å². The molecule has 0 bridgehead atoms. The second-order valence-electron chi connectivity index (χ2n) is 0.217. The van der Waals surface area contributed by atoms with Gasteiger partial charge in [-0.25, -0.2) is 0 Å². The summed E-state index contributed by atoms with van der Waals surface area (Å²) < 4.78 is 24.1. The standard InChI is InChI=1S/Ni.HO3S.H3P/c;1-4(2)3;/h;(H,1,2,3);1H3/q;-1;.